The Balaban J connectivity index is 1.98. The van der Waals surface area contributed by atoms with Gasteiger partial charge in [-0.05, 0) is 50.5 Å². The molecule has 1 amide bonds. The predicted molar refractivity (Wildman–Crippen MR) is 78.3 cm³/mol. The van der Waals surface area contributed by atoms with Crippen LogP contribution in [0.25, 0.3) is 0 Å². The number of carbonyl (C=O) groups excluding carboxylic acids is 1. The number of carbonyl (C=O) groups is 1. The maximum absolute atomic E-state index is 12.2. The molecule has 2 N–H and O–H groups in total. The fourth-order valence-corrected chi connectivity index (χ4v) is 2.85. The molecule has 1 atom stereocenters. The number of nitrogens with two attached hydrogens (primary N) is 1. The molecule has 21 heavy (non-hydrogen) atoms. The van der Waals surface area contributed by atoms with Crippen molar-refractivity contribution >= 4 is 15.9 Å². The molecule has 1 unspecified atom stereocenters. The van der Waals surface area contributed by atoms with Crippen molar-refractivity contribution in [1.82, 2.24) is 4.90 Å². The van der Waals surface area contributed by atoms with Crippen LogP contribution < -0.4 is 9.88 Å². The molecule has 1 aromatic rings. The van der Waals surface area contributed by atoms with Gasteiger partial charge in [0.25, 0.3) is 5.91 Å². The third-order valence-corrected chi connectivity index (χ3v) is 4.41. The van der Waals surface area contributed by atoms with E-state index in [1.54, 1.807) is 6.92 Å². The van der Waals surface area contributed by atoms with E-state index in [-0.39, 0.29) is 10.8 Å². The maximum Gasteiger partial charge on any atom is 0.263 e. The highest BCUT2D eigenvalue weighted by Crippen LogP contribution is 2.18. The Morgan fingerprint density at radius 3 is 2.29 bits per heavy atom. The summed E-state index contributed by atoms with van der Waals surface area (Å²) in [4.78, 5) is 14.0. The summed E-state index contributed by atoms with van der Waals surface area (Å²) in [6.07, 6.45) is 2.63. The Kier molecular flexibility index (Phi) is 4.84. The number of ether oxygens (including phenoxy) is 1. The normalized spacial score (nSPS) is 17.3. The number of hydrogen-bond acceptors (Lipinski definition) is 4. The molecule has 1 saturated heterocycles. The Hall–Kier alpha value is -1.60. The Bertz CT molecular complexity index is 592. The Morgan fingerprint density at radius 1 is 1.19 bits per heavy atom. The number of sulfonamides is 1. The fraction of sp³-hybridized carbons (Fsp3) is 0.500. The first-order valence-corrected chi connectivity index (χ1v) is 8.51. The van der Waals surface area contributed by atoms with E-state index in [0.29, 0.717) is 5.75 Å². The second-order valence-corrected chi connectivity index (χ2v) is 6.72. The molecule has 0 spiro atoms. The number of benzene rings is 1. The van der Waals surface area contributed by atoms with Crippen LogP contribution >= 0.6 is 0 Å². The van der Waals surface area contributed by atoms with E-state index in [9.17, 15) is 13.2 Å². The van der Waals surface area contributed by atoms with Gasteiger partial charge in [0.15, 0.2) is 6.10 Å². The van der Waals surface area contributed by atoms with Gasteiger partial charge in [-0.15, -0.1) is 0 Å². The van der Waals surface area contributed by atoms with E-state index in [4.69, 9.17) is 9.88 Å². The van der Waals surface area contributed by atoms with E-state index in [1.807, 2.05) is 4.90 Å². The second kappa shape index (κ2) is 6.44. The average Bonchev–Trinajstić information content (AvgIpc) is 2.47. The van der Waals surface area contributed by atoms with E-state index in [0.717, 1.165) is 32.4 Å². The first-order chi connectivity index (χ1) is 9.88. The van der Waals surface area contributed by atoms with Crippen molar-refractivity contribution in [2.45, 2.75) is 37.2 Å². The van der Waals surface area contributed by atoms with Gasteiger partial charge in [-0.3, -0.25) is 4.79 Å². The monoisotopic (exact) mass is 312 g/mol. The van der Waals surface area contributed by atoms with Gasteiger partial charge >= 0.3 is 0 Å². The molecule has 2 rings (SSSR count). The van der Waals surface area contributed by atoms with Crippen molar-refractivity contribution in [3.63, 3.8) is 0 Å². The van der Waals surface area contributed by atoms with Crippen molar-refractivity contribution < 1.29 is 17.9 Å². The number of amides is 1. The fourth-order valence-electron chi connectivity index (χ4n) is 2.33. The molecule has 1 fully saturated rings. The second-order valence-electron chi connectivity index (χ2n) is 5.16. The zero-order valence-electron chi connectivity index (χ0n) is 12.0. The highest BCUT2D eigenvalue weighted by atomic mass is 32.2. The summed E-state index contributed by atoms with van der Waals surface area (Å²) < 4.78 is 27.9. The minimum atomic E-state index is -3.71. The first kappa shape index (κ1) is 15.8. The van der Waals surface area contributed by atoms with Crippen LogP contribution in [0.3, 0.4) is 0 Å². The summed E-state index contributed by atoms with van der Waals surface area (Å²) in [6.45, 7) is 3.25. The van der Waals surface area contributed by atoms with Gasteiger partial charge in [0, 0.05) is 13.1 Å². The van der Waals surface area contributed by atoms with Crippen LogP contribution in [0.1, 0.15) is 26.2 Å². The molecule has 116 valence electrons. The molecule has 1 aliphatic rings. The lowest BCUT2D eigenvalue weighted by Crippen LogP contribution is -2.43. The molecule has 1 aromatic carbocycles. The summed E-state index contributed by atoms with van der Waals surface area (Å²) in [5.41, 5.74) is 0. The number of primary sulfonamides is 1. The first-order valence-electron chi connectivity index (χ1n) is 6.96. The highest BCUT2D eigenvalue weighted by Gasteiger charge is 2.23. The smallest absolute Gasteiger partial charge is 0.263 e. The van der Waals surface area contributed by atoms with Crippen LogP contribution in [0.4, 0.5) is 0 Å². The lowest BCUT2D eigenvalue weighted by molar-refractivity contribution is -0.138. The lowest BCUT2D eigenvalue weighted by Gasteiger charge is -2.29. The number of piperidine rings is 1. The standard InChI is InChI=1S/C14H20N2O4S/c1-11(14(17)16-9-3-2-4-10-16)20-12-5-7-13(8-6-12)21(15,18)19/h5-8,11H,2-4,9-10H2,1H3,(H2,15,18,19). The van der Waals surface area contributed by atoms with Crippen molar-refractivity contribution in [3.8, 4) is 5.75 Å². The lowest BCUT2D eigenvalue weighted by atomic mass is 10.1. The van der Waals surface area contributed by atoms with Crippen LogP contribution in [-0.2, 0) is 14.8 Å². The van der Waals surface area contributed by atoms with Crippen LogP contribution in [-0.4, -0.2) is 38.4 Å². The van der Waals surface area contributed by atoms with E-state index in [1.165, 1.54) is 24.3 Å². The Morgan fingerprint density at radius 2 is 1.76 bits per heavy atom. The summed E-state index contributed by atoms with van der Waals surface area (Å²) in [6, 6.07) is 5.73. The number of likely N-dealkylation sites (tertiary alicyclic amines) is 1. The summed E-state index contributed by atoms with van der Waals surface area (Å²) in [7, 11) is -3.71. The van der Waals surface area contributed by atoms with Crippen molar-refractivity contribution in [2.24, 2.45) is 5.14 Å². The Labute approximate surface area is 124 Å². The van der Waals surface area contributed by atoms with Gasteiger partial charge in [-0.25, -0.2) is 13.6 Å². The summed E-state index contributed by atoms with van der Waals surface area (Å²) in [5, 5.41) is 5.02. The van der Waals surface area contributed by atoms with Gasteiger partial charge in [0.05, 0.1) is 4.90 Å². The molecule has 0 radical (unpaired) electrons. The SMILES string of the molecule is CC(Oc1ccc(S(N)(=O)=O)cc1)C(=O)N1CCCCC1. The van der Waals surface area contributed by atoms with Gasteiger partial charge in [0.1, 0.15) is 5.75 Å². The largest absolute Gasteiger partial charge is 0.481 e. The molecule has 0 saturated carbocycles. The van der Waals surface area contributed by atoms with Gasteiger partial charge in [-0.2, -0.15) is 0 Å². The number of rotatable bonds is 4. The summed E-state index contributed by atoms with van der Waals surface area (Å²) >= 11 is 0. The average molecular weight is 312 g/mol. The quantitative estimate of drug-likeness (QED) is 0.902. The van der Waals surface area contributed by atoms with Crippen LogP contribution in [0.5, 0.6) is 5.75 Å². The van der Waals surface area contributed by atoms with E-state index in [2.05, 4.69) is 0 Å². The maximum atomic E-state index is 12.2. The molecule has 1 aliphatic heterocycles. The van der Waals surface area contributed by atoms with Crippen LogP contribution in [0.2, 0.25) is 0 Å². The minimum absolute atomic E-state index is 0.0184. The minimum Gasteiger partial charge on any atom is -0.481 e. The van der Waals surface area contributed by atoms with Crippen molar-refractivity contribution in [2.75, 3.05) is 13.1 Å². The zero-order chi connectivity index (χ0) is 15.5. The van der Waals surface area contributed by atoms with Crippen molar-refractivity contribution in [1.29, 1.82) is 0 Å². The van der Waals surface area contributed by atoms with Gasteiger partial charge in [0.2, 0.25) is 10.0 Å². The number of nitrogens with zero attached hydrogens (tertiary/aromatic N) is 1. The summed E-state index contributed by atoms with van der Waals surface area (Å²) in [5.74, 6) is 0.408. The number of hydrogen-bond donors (Lipinski definition) is 1. The van der Waals surface area contributed by atoms with E-state index < -0.39 is 16.1 Å². The van der Waals surface area contributed by atoms with E-state index >= 15 is 0 Å². The molecule has 0 aromatic heterocycles. The predicted octanol–water partition coefficient (Wildman–Crippen LogP) is 1.11. The molecule has 0 bridgehead atoms. The zero-order valence-corrected chi connectivity index (χ0v) is 12.8. The highest BCUT2D eigenvalue weighted by molar-refractivity contribution is 7.89. The van der Waals surface area contributed by atoms with Crippen LogP contribution in [0, 0.1) is 0 Å². The molecule has 0 aliphatic carbocycles. The molecule has 7 heteroatoms. The van der Waals surface area contributed by atoms with Gasteiger partial charge in [-0.1, -0.05) is 0 Å². The van der Waals surface area contributed by atoms with Crippen molar-refractivity contribution in [3.05, 3.63) is 24.3 Å². The molecule has 6 nitrogen and oxygen atoms in total. The topological polar surface area (TPSA) is 89.7 Å². The molecular formula is C14H20N2O4S. The van der Waals surface area contributed by atoms with Gasteiger partial charge < -0.3 is 9.64 Å². The third-order valence-electron chi connectivity index (χ3n) is 3.48. The molecule has 1 heterocycles. The molecular weight excluding hydrogens is 292 g/mol. The van der Waals surface area contributed by atoms with Crippen LogP contribution in [0.15, 0.2) is 29.2 Å². The third kappa shape index (κ3) is 4.18.